The second-order valence-corrected chi connectivity index (χ2v) is 7.30. The Hall–Kier alpha value is -1.83. The van der Waals surface area contributed by atoms with Crippen LogP contribution in [0.2, 0.25) is 5.02 Å². The van der Waals surface area contributed by atoms with Gasteiger partial charge in [0.25, 0.3) is 5.69 Å². The van der Waals surface area contributed by atoms with E-state index < -0.39 is 4.92 Å². The van der Waals surface area contributed by atoms with Gasteiger partial charge in [-0.05, 0) is 18.2 Å². The molecule has 8 heteroatoms. The number of ether oxygens (including phenoxy) is 1. The lowest BCUT2D eigenvalue weighted by Crippen LogP contribution is -2.00. The molecule has 23 heavy (non-hydrogen) atoms. The molecule has 0 unspecified atom stereocenters. The number of fused-ring (bicyclic) bond motifs is 1. The van der Waals surface area contributed by atoms with E-state index in [-0.39, 0.29) is 5.69 Å². The molecule has 1 heterocycles. The van der Waals surface area contributed by atoms with Crippen molar-refractivity contribution in [1.29, 1.82) is 0 Å². The maximum absolute atomic E-state index is 10.8. The SMILES string of the molecule is O=[N+]([O-])c1ccc2nc(SCCOc3ccccc3Cl)sc2c1. The molecule has 0 bridgehead atoms. The summed E-state index contributed by atoms with van der Waals surface area (Å²) in [6.45, 7) is 0.504. The second-order valence-electron chi connectivity index (χ2n) is 4.52. The molecule has 0 aliphatic rings. The summed E-state index contributed by atoms with van der Waals surface area (Å²) in [4.78, 5) is 14.8. The predicted molar refractivity (Wildman–Crippen MR) is 93.9 cm³/mol. The highest BCUT2D eigenvalue weighted by molar-refractivity contribution is 8.01. The molecule has 3 rings (SSSR count). The average Bonchev–Trinajstić information content (AvgIpc) is 2.94. The van der Waals surface area contributed by atoms with Crippen LogP contribution in [-0.4, -0.2) is 22.3 Å². The van der Waals surface area contributed by atoms with Crippen molar-refractivity contribution in [3.8, 4) is 5.75 Å². The Balaban J connectivity index is 1.59. The zero-order chi connectivity index (χ0) is 16.2. The smallest absolute Gasteiger partial charge is 0.270 e. The van der Waals surface area contributed by atoms with Gasteiger partial charge in [-0.25, -0.2) is 4.98 Å². The van der Waals surface area contributed by atoms with Crippen molar-refractivity contribution in [2.24, 2.45) is 0 Å². The molecule has 2 aromatic carbocycles. The van der Waals surface area contributed by atoms with E-state index in [1.54, 1.807) is 30.0 Å². The largest absolute Gasteiger partial charge is 0.491 e. The van der Waals surface area contributed by atoms with Crippen LogP contribution in [0.3, 0.4) is 0 Å². The third-order valence-electron chi connectivity index (χ3n) is 2.97. The third-order valence-corrected chi connectivity index (χ3v) is 5.40. The lowest BCUT2D eigenvalue weighted by Gasteiger charge is -2.06. The van der Waals surface area contributed by atoms with Gasteiger partial charge < -0.3 is 4.74 Å². The van der Waals surface area contributed by atoms with Gasteiger partial charge in [0.1, 0.15) is 5.75 Å². The zero-order valence-corrected chi connectivity index (χ0v) is 14.2. The van der Waals surface area contributed by atoms with Crippen molar-refractivity contribution in [3.05, 3.63) is 57.6 Å². The molecular formula is C15H11ClN2O3S2. The number of non-ortho nitro benzene ring substituents is 1. The number of nitro groups is 1. The normalized spacial score (nSPS) is 10.8. The first-order chi connectivity index (χ1) is 11.1. The van der Waals surface area contributed by atoms with Crippen LogP contribution < -0.4 is 4.74 Å². The standard InChI is InChI=1S/C15H11ClN2O3S2/c16-11-3-1-2-4-13(11)21-7-8-22-15-17-12-6-5-10(18(19)20)9-14(12)23-15/h1-6,9H,7-8H2. The molecule has 0 radical (unpaired) electrons. The fourth-order valence-electron chi connectivity index (χ4n) is 1.91. The van der Waals surface area contributed by atoms with Crippen LogP contribution in [0.5, 0.6) is 5.75 Å². The molecule has 0 saturated heterocycles. The predicted octanol–water partition coefficient (Wildman–Crippen LogP) is 5.03. The molecule has 0 spiro atoms. The highest BCUT2D eigenvalue weighted by Crippen LogP contribution is 2.32. The highest BCUT2D eigenvalue weighted by Gasteiger charge is 2.10. The number of benzene rings is 2. The summed E-state index contributed by atoms with van der Waals surface area (Å²) in [6.07, 6.45) is 0. The van der Waals surface area contributed by atoms with Crippen molar-refractivity contribution < 1.29 is 9.66 Å². The summed E-state index contributed by atoms with van der Waals surface area (Å²) < 4.78 is 7.30. The number of nitro benzene ring substituents is 1. The summed E-state index contributed by atoms with van der Waals surface area (Å²) in [7, 11) is 0. The van der Waals surface area contributed by atoms with Crippen LogP contribution >= 0.6 is 34.7 Å². The van der Waals surface area contributed by atoms with Gasteiger partial charge in [0.05, 0.1) is 26.8 Å². The van der Waals surface area contributed by atoms with Crippen LogP contribution in [0.25, 0.3) is 10.2 Å². The van der Waals surface area contributed by atoms with Gasteiger partial charge in [0, 0.05) is 17.9 Å². The Labute approximate surface area is 145 Å². The van der Waals surface area contributed by atoms with E-state index in [1.165, 1.54) is 17.4 Å². The van der Waals surface area contributed by atoms with E-state index in [4.69, 9.17) is 16.3 Å². The molecule has 3 aromatic rings. The number of para-hydroxylation sites is 1. The van der Waals surface area contributed by atoms with Gasteiger partial charge >= 0.3 is 0 Å². The molecule has 0 N–H and O–H groups in total. The minimum Gasteiger partial charge on any atom is -0.491 e. The number of halogens is 1. The number of hydrogen-bond donors (Lipinski definition) is 0. The van der Waals surface area contributed by atoms with Crippen molar-refractivity contribution >= 4 is 50.6 Å². The van der Waals surface area contributed by atoms with Gasteiger partial charge in [-0.15, -0.1) is 11.3 Å². The van der Waals surface area contributed by atoms with Crippen molar-refractivity contribution in [1.82, 2.24) is 4.98 Å². The van der Waals surface area contributed by atoms with Gasteiger partial charge in [-0.3, -0.25) is 10.1 Å². The monoisotopic (exact) mass is 366 g/mol. The van der Waals surface area contributed by atoms with E-state index >= 15 is 0 Å². The number of thioether (sulfide) groups is 1. The Kier molecular flexibility index (Phi) is 5.00. The summed E-state index contributed by atoms with van der Waals surface area (Å²) in [5, 5.41) is 11.4. The molecule has 118 valence electrons. The van der Waals surface area contributed by atoms with Crippen LogP contribution in [0, 0.1) is 10.1 Å². The van der Waals surface area contributed by atoms with E-state index in [0.29, 0.717) is 23.1 Å². The van der Waals surface area contributed by atoms with Crippen molar-refractivity contribution in [2.75, 3.05) is 12.4 Å². The minimum absolute atomic E-state index is 0.0831. The number of nitrogens with zero attached hydrogens (tertiary/aromatic N) is 2. The van der Waals surface area contributed by atoms with Crippen LogP contribution in [0.15, 0.2) is 46.8 Å². The van der Waals surface area contributed by atoms with E-state index in [0.717, 1.165) is 14.6 Å². The average molecular weight is 367 g/mol. The van der Waals surface area contributed by atoms with Crippen LogP contribution in [0.4, 0.5) is 5.69 Å². The Morgan fingerprint density at radius 1 is 1.30 bits per heavy atom. The number of hydrogen-bond acceptors (Lipinski definition) is 6. The first-order valence-electron chi connectivity index (χ1n) is 6.68. The van der Waals surface area contributed by atoms with Gasteiger partial charge in [-0.1, -0.05) is 35.5 Å². The van der Waals surface area contributed by atoms with E-state index in [1.807, 2.05) is 18.2 Å². The molecule has 5 nitrogen and oxygen atoms in total. The molecule has 0 fully saturated rings. The zero-order valence-electron chi connectivity index (χ0n) is 11.8. The summed E-state index contributed by atoms with van der Waals surface area (Å²) in [6, 6.07) is 12.0. The lowest BCUT2D eigenvalue weighted by molar-refractivity contribution is -0.384. The first kappa shape index (κ1) is 16.0. The van der Waals surface area contributed by atoms with Crippen LogP contribution in [-0.2, 0) is 0 Å². The quantitative estimate of drug-likeness (QED) is 0.265. The second kappa shape index (κ2) is 7.16. The maximum Gasteiger partial charge on any atom is 0.270 e. The first-order valence-corrected chi connectivity index (χ1v) is 8.86. The lowest BCUT2D eigenvalue weighted by atomic mass is 10.3. The molecule has 0 atom stereocenters. The number of aromatic nitrogens is 1. The molecule has 0 saturated carbocycles. The maximum atomic E-state index is 10.8. The van der Waals surface area contributed by atoms with E-state index in [2.05, 4.69) is 4.98 Å². The summed E-state index contributed by atoms with van der Waals surface area (Å²) in [5.74, 6) is 1.38. The van der Waals surface area contributed by atoms with Gasteiger partial charge in [-0.2, -0.15) is 0 Å². The molecular weight excluding hydrogens is 356 g/mol. The molecule has 0 aliphatic carbocycles. The number of thiazole rings is 1. The van der Waals surface area contributed by atoms with Gasteiger partial charge in [0.2, 0.25) is 0 Å². The molecule has 0 aliphatic heterocycles. The van der Waals surface area contributed by atoms with Gasteiger partial charge in [0.15, 0.2) is 4.34 Å². The fourth-order valence-corrected chi connectivity index (χ4v) is 4.09. The van der Waals surface area contributed by atoms with Crippen molar-refractivity contribution in [3.63, 3.8) is 0 Å². The molecule has 0 amide bonds. The Morgan fingerprint density at radius 3 is 2.91 bits per heavy atom. The highest BCUT2D eigenvalue weighted by atomic mass is 35.5. The fraction of sp³-hybridized carbons (Fsp3) is 0.133. The third kappa shape index (κ3) is 3.93. The summed E-state index contributed by atoms with van der Waals surface area (Å²) in [5.41, 5.74) is 0.856. The number of rotatable bonds is 6. The van der Waals surface area contributed by atoms with E-state index in [9.17, 15) is 10.1 Å². The van der Waals surface area contributed by atoms with Crippen molar-refractivity contribution in [2.45, 2.75) is 4.34 Å². The topological polar surface area (TPSA) is 65.3 Å². The Bertz CT molecular complexity index is 854. The Morgan fingerprint density at radius 2 is 2.13 bits per heavy atom. The molecule has 1 aromatic heterocycles. The minimum atomic E-state index is -0.399. The summed E-state index contributed by atoms with van der Waals surface area (Å²) >= 11 is 9.02. The van der Waals surface area contributed by atoms with Crippen LogP contribution in [0.1, 0.15) is 0 Å².